The largest absolute Gasteiger partial charge is 0.472 e. The zero-order valence-corrected chi connectivity index (χ0v) is 12.5. The van der Waals surface area contributed by atoms with E-state index in [1.807, 2.05) is 0 Å². The molecule has 0 radical (unpaired) electrons. The number of aromatic nitrogens is 1. The van der Waals surface area contributed by atoms with Crippen molar-refractivity contribution in [1.82, 2.24) is 10.3 Å². The van der Waals surface area contributed by atoms with Crippen molar-refractivity contribution in [2.45, 2.75) is 19.1 Å². The minimum atomic E-state index is -0.350. The maximum Gasteiger partial charge on any atom is 0.257 e. The molecule has 120 valence electrons. The summed E-state index contributed by atoms with van der Waals surface area (Å²) < 4.78 is 24.4. The van der Waals surface area contributed by atoms with Crippen LogP contribution in [0.1, 0.15) is 22.3 Å². The maximum absolute atomic E-state index is 13.6. The zero-order valence-electron chi connectivity index (χ0n) is 12.5. The molecule has 1 atom stereocenters. The average Bonchev–Trinajstić information content (AvgIpc) is 3.07. The van der Waals surface area contributed by atoms with Gasteiger partial charge in [-0.15, -0.1) is 0 Å². The Kier molecular flexibility index (Phi) is 4.83. The molecule has 2 heterocycles. The third-order valence-corrected chi connectivity index (χ3v) is 3.60. The van der Waals surface area contributed by atoms with Crippen molar-refractivity contribution in [2.24, 2.45) is 0 Å². The minimum Gasteiger partial charge on any atom is -0.472 e. The van der Waals surface area contributed by atoms with Gasteiger partial charge in [0, 0.05) is 18.4 Å². The van der Waals surface area contributed by atoms with Crippen LogP contribution in [-0.4, -0.2) is 30.1 Å². The van der Waals surface area contributed by atoms with Gasteiger partial charge in [-0.1, -0.05) is 18.2 Å². The molecular formula is C17H17FN2O3. The van der Waals surface area contributed by atoms with E-state index in [0.29, 0.717) is 24.3 Å². The fourth-order valence-electron chi connectivity index (χ4n) is 2.35. The molecule has 1 N–H and O–H groups in total. The molecule has 6 heteroatoms. The first kappa shape index (κ1) is 15.4. The third kappa shape index (κ3) is 3.84. The van der Waals surface area contributed by atoms with Crippen LogP contribution < -0.4 is 10.1 Å². The SMILES string of the molecule is O=C(N[C@H]1CCOC1)c1cccnc1OCc1ccccc1F. The molecule has 0 spiro atoms. The molecule has 0 unspecified atom stereocenters. The molecule has 1 amide bonds. The molecule has 0 saturated carbocycles. The van der Waals surface area contributed by atoms with E-state index in [0.717, 1.165) is 6.42 Å². The van der Waals surface area contributed by atoms with Gasteiger partial charge in [-0.25, -0.2) is 9.37 Å². The zero-order chi connectivity index (χ0) is 16.1. The molecule has 1 aliphatic heterocycles. The Bertz CT molecular complexity index is 687. The van der Waals surface area contributed by atoms with E-state index in [-0.39, 0.29) is 30.3 Å². The second-order valence-corrected chi connectivity index (χ2v) is 5.27. The molecule has 0 bridgehead atoms. The number of benzene rings is 1. The Hall–Kier alpha value is -2.47. The lowest BCUT2D eigenvalue weighted by Crippen LogP contribution is -2.35. The van der Waals surface area contributed by atoms with E-state index in [9.17, 15) is 9.18 Å². The standard InChI is InChI=1S/C17H17FN2O3/c18-15-6-2-1-4-12(15)10-23-17-14(5-3-8-19-17)16(21)20-13-7-9-22-11-13/h1-6,8,13H,7,9-11H2,(H,20,21)/t13-/m0/s1. The highest BCUT2D eigenvalue weighted by Gasteiger charge is 2.21. The second-order valence-electron chi connectivity index (χ2n) is 5.27. The van der Waals surface area contributed by atoms with E-state index in [2.05, 4.69) is 10.3 Å². The Morgan fingerprint density at radius 3 is 3.00 bits per heavy atom. The summed E-state index contributed by atoms with van der Waals surface area (Å²) in [5.41, 5.74) is 0.740. The predicted octanol–water partition coefficient (Wildman–Crippen LogP) is 2.32. The molecule has 23 heavy (non-hydrogen) atoms. The summed E-state index contributed by atoms with van der Waals surface area (Å²) in [6.45, 7) is 1.17. The average molecular weight is 316 g/mol. The molecule has 1 fully saturated rings. The van der Waals surface area contributed by atoms with E-state index in [1.165, 1.54) is 12.3 Å². The fourth-order valence-corrected chi connectivity index (χ4v) is 2.35. The van der Waals surface area contributed by atoms with Crippen LogP contribution in [0.3, 0.4) is 0 Å². The van der Waals surface area contributed by atoms with Crippen LogP contribution in [0.25, 0.3) is 0 Å². The number of amides is 1. The number of halogens is 1. The Balaban J connectivity index is 1.70. The van der Waals surface area contributed by atoms with Crippen molar-refractivity contribution in [3.63, 3.8) is 0 Å². The number of rotatable bonds is 5. The van der Waals surface area contributed by atoms with Crippen LogP contribution >= 0.6 is 0 Å². The third-order valence-electron chi connectivity index (χ3n) is 3.60. The molecule has 2 aromatic rings. The number of hydrogen-bond acceptors (Lipinski definition) is 4. The molecule has 0 aliphatic carbocycles. The molecule has 3 rings (SSSR count). The first-order valence-electron chi connectivity index (χ1n) is 7.44. The Morgan fingerprint density at radius 2 is 2.22 bits per heavy atom. The first-order valence-corrected chi connectivity index (χ1v) is 7.44. The molecule has 1 saturated heterocycles. The summed E-state index contributed by atoms with van der Waals surface area (Å²) >= 11 is 0. The van der Waals surface area contributed by atoms with Crippen LogP contribution in [0.5, 0.6) is 5.88 Å². The van der Waals surface area contributed by atoms with Gasteiger partial charge < -0.3 is 14.8 Å². The normalized spacial score (nSPS) is 17.0. The van der Waals surface area contributed by atoms with Crippen LogP contribution in [0.15, 0.2) is 42.6 Å². The molecule has 1 aromatic carbocycles. The number of hydrogen-bond donors (Lipinski definition) is 1. The minimum absolute atomic E-state index is 0.00197. The van der Waals surface area contributed by atoms with Gasteiger partial charge >= 0.3 is 0 Å². The lowest BCUT2D eigenvalue weighted by Gasteiger charge is -2.13. The quantitative estimate of drug-likeness (QED) is 0.919. The predicted molar refractivity (Wildman–Crippen MR) is 81.7 cm³/mol. The van der Waals surface area contributed by atoms with Crippen molar-refractivity contribution < 1.29 is 18.7 Å². The number of carbonyl (C=O) groups excluding carboxylic acids is 1. The summed E-state index contributed by atoms with van der Waals surface area (Å²) in [6.07, 6.45) is 2.32. The van der Waals surface area contributed by atoms with Gasteiger partial charge in [0.05, 0.1) is 12.6 Å². The summed E-state index contributed by atoms with van der Waals surface area (Å²) in [6, 6.07) is 9.64. The van der Waals surface area contributed by atoms with Gasteiger partial charge in [-0.05, 0) is 24.6 Å². The number of ether oxygens (including phenoxy) is 2. The van der Waals surface area contributed by atoms with Gasteiger partial charge in [0.25, 0.3) is 5.91 Å². The highest BCUT2D eigenvalue weighted by atomic mass is 19.1. The highest BCUT2D eigenvalue weighted by molar-refractivity contribution is 5.96. The van der Waals surface area contributed by atoms with Crippen LogP contribution in [0, 0.1) is 5.82 Å². The number of nitrogens with one attached hydrogen (secondary N) is 1. The molecule has 1 aliphatic rings. The van der Waals surface area contributed by atoms with Crippen molar-refractivity contribution in [2.75, 3.05) is 13.2 Å². The van der Waals surface area contributed by atoms with Gasteiger partial charge in [0.15, 0.2) is 0 Å². The van der Waals surface area contributed by atoms with Gasteiger partial charge in [-0.3, -0.25) is 4.79 Å². The molecule has 5 nitrogen and oxygen atoms in total. The monoisotopic (exact) mass is 316 g/mol. The number of nitrogens with zero attached hydrogens (tertiary/aromatic N) is 1. The van der Waals surface area contributed by atoms with E-state index in [1.54, 1.807) is 30.3 Å². The van der Waals surface area contributed by atoms with Crippen molar-refractivity contribution in [3.05, 3.63) is 59.5 Å². The Morgan fingerprint density at radius 1 is 1.35 bits per heavy atom. The van der Waals surface area contributed by atoms with Crippen molar-refractivity contribution in [3.8, 4) is 5.88 Å². The van der Waals surface area contributed by atoms with Crippen LogP contribution in [-0.2, 0) is 11.3 Å². The second kappa shape index (κ2) is 7.19. The lowest BCUT2D eigenvalue weighted by molar-refractivity contribution is 0.0924. The summed E-state index contributed by atoms with van der Waals surface area (Å²) in [5.74, 6) is -0.429. The number of carbonyl (C=O) groups is 1. The Labute approximate surface area is 133 Å². The lowest BCUT2D eigenvalue weighted by atomic mass is 10.2. The highest BCUT2D eigenvalue weighted by Crippen LogP contribution is 2.18. The summed E-state index contributed by atoms with van der Waals surface area (Å²) in [4.78, 5) is 16.4. The molecule has 1 aromatic heterocycles. The van der Waals surface area contributed by atoms with Crippen molar-refractivity contribution in [1.29, 1.82) is 0 Å². The van der Waals surface area contributed by atoms with Gasteiger partial charge in [0.2, 0.25) is 5.88 Å². The molecular weight excluding hydrogens is 299 g/mol. The van der Waals surface area contributed by atoms with Gasteiger partial charge in [0.1, 0.15) is 18.0 Å². The van der Waals surface area contributed by atoms with Crippen LogP contribution in [0.2, 0.25) is 0 Å². The van der Waals surface area contributed by atoms with Gasteiger partial charge in [-0.2, -0.15) is 0 Å². The topological polar surface area (TPSA) is 60.5 Å². The van der Waals surface area contributed by atoms with E-state index < -0.39 is 0 Å². The summed E-state index contributed by atoms with van der Waals surface area (Å²) in [7, 11) is 0. The first-order chi connectivity index (χ1) is 11.2. The van der Waals surface area contributed by atoms with E-state index in [4.69, 9.17) is 9.47 Å². The smallest absolute Gasteiger partial charge is 0.257 e. The fraction of sp³-hybridized carbons (Fsp3) is 0.294. The summed E-state index contributed by atoms with van der Waals surface area (Å²) in [5, 5.41) is 2.89. The maximum atomic E-state index is 13.6. The number of pyridine rings is 1. The van der Waals surface area contributed by atoms with E-state index >= 15 is 0 Å². The van der Waals surface area contributed by atoms with Crippen molar-refractivity contribution >= 4 is 5.91 Å². The van der Waals surface area contributed by atoms with Crippen LogP contribution in [0.4, 0.5) is 4.39 Å².